The topological polar surface area (TPSA) is 26.0 Å². The van der Waals surface area contributed by atoms with Crippen molar-refractivity contribution in [1.82, 2.24) is 0 Å². The molecule has 3 heteroatoms. The molecule has 1 aliphatic carbocycles. The molecule has 1 aliphatic rings. The molecule has 96 valence electrons. The van der Waals surface area contributed by atoms with E-state index in [4.69, 9.17) is 5.73 Å². The molecule has 0 amide bonds. The van der Waals surface area contributed by atoms with Gasteiger partial charge in [0.05, 0.1) is 3.79 Å². The van der Waals surface area contributed by atoms with Gasteiger partial charge in [0.1, 0.15) is 0 Å². The normalized spacial score (nSPS) is 20.2. The standard InChI is InChI=1S/C14H22BrNS/c1-10-8-13(17-14(10)15)12(16)9-11-6-4-2-3-5-7-11/h8,11-12H,2-7,9,16H2,1H3. The van der Waals surface area contributed by atoms with Gasteiger partial charge >= 0.3 is 0 Å². The van der Waals surface area contributed by atoms with Crippen LogP contribution < -0.4 is 5.73 Å². The molecule has 17 heavy (non-hydrogen) atoms. The summed E-state index contributed by atoms with van der Waals surface area (Å²) in [7, 11) is 0. The zero-order valence-electron chi connectivity index (χ0n) is 10.5. The summed E-state index contributed by atoms with van der Waals surface area (Å²) in [4.78, 5) is 1.35. The zero-order valence-corrected chi connectivity index (χ0v) is 12.9. The lowest BCUT2D eigenvalue weighted by Crippen LogP contribution is -2.14. The summed E-state index contributed by atoms with van der Waals surface area (Å²) >= 11 is 5.39. The SMILES string of the molecule is Cc1cc(C(N)CC2CCCCCC2)sc1Br. The van der Waals surface area contributed by atoms with Crippen molar-refractivity contribution in [3.05, 3.63) is 20.3 Å². The van der Waals surface area contributed by atoms with E-state index in [0.717, 1.165) is 5.92 Å². The van der Waals surface area contributed by atoms with Gasteiger partial charge in [-0.25, -0.2) is 0 Å². The average molecular weight is 316 g/mol. The van der Waals surface area contributed by atoms with Crippen LogP contribution in [0.1, 0.15) is 61.4 Å². The third-order valence-electron chi connectivity index (χ3n) is 3.80. The first-order valence-electron chi connectivity index (χ1n) is 6.68. The van der Waals surface area contributed by atoms with Crippen molar-refractivity contribution in [2.45, 2.75) is 57.9 Å². The van der Waals surface area contributed by atoms with Crippen molar-refractivity contribution >= 4 is 27.3 Å². The fraction of sp³-hybridized carbons (Fsp3) is 0.714. The van der Waals surface area contributed by atoms with Crippen molar-refractivity contribution in [2.75, 3.05) is 0 Å². The Kier molecular flexibility index (Phi) is 5.07. The van der Waals surface area contributed by atoms with Crippen LogP contribution in [0, 0.1) is 12.8 Å². The maximum atomic E-state index is 6.35. The third kappa shape index (κ3) is 3.80. The summed E-state index contributed by atoms with van der Waals surface area (Å²) in [5, 5.41) is 0. The van der Waals surface area contributed by atoms with Gasteiger partial charge in [0.15, 0.2) is 0 Å². The first-order chi connectivity index (χ1) is 8.16. The van der Waals surface area contributed by atoms with Crippen LogP contribution in [0.2, 0.25) is 0 Å². The summed E-state index contributed by atoms with van der Waals surface area (Å²) in [6.45, 7) is 2.14. The maximum Gasteiger partial charge on any atom is 0.0731 e. The summed E-state index contributed by atoms with van der Waals surface area (Å²) in [6, 6.07) is 2.49. The number of thiophene rings is 1. The van der Waals surface area contributed by atoms with Crippen LogP contribution in [0.15, 0.2) is 9.85 Å². The van der Waals surface area contributed by atoms with Gasteiger partial charge in [-0.3, -0.25) is 0 Å². The zero-order chi connectivity index (χ0) is 12.3. The molecule has 0 spiro atoms. The second-order valence-electron chi connectivity index (χ2n) is 5.31. The van der Waals surface area contributed by atoms with Gasteiger partial charge in [-0.05, 0) is 46.8 Å². The first kappa shape index (κ1) is 13.6. The van der Waals surface area contributed by atoms with Crippen molar-refractivity contribution in [3.63, 3.8) is 0 Å². The van der Waals surface area contributed by atoms with Crippen LogP contribution in [-0.4, -0.2) is 0 Å². The minimum atomic E-state index is 0.244. The molecule has 1 fully saturated rings. The first-order valence-corrected chi connectivity index (χ1v) is 8.29. The Bertz CT molecular complexity index is 334. The molecule has 0 bridgehead atoms. The second kappa shape index (κ2) is 6.35. The highest BCUT2D eigenvalue weighted by atomic mass is 79.9. The number of aryl methyl sites for hydroxylation is 1. The van der Waals surface area contributed by atoms with E-state index in [1.165, 1.54) is 59.2 Å². The highest BCUT2D eigenvalue weighted by Crippen LogP contribution is 2.35. The van der Waals surface area contributed by atoms with Crippen molar-refractivity contribution in [1.29, 1.82) is 0 Å². The summed E-state index contributed by atoms with van der Waals surface area (Å²) < 4.78 is 1.24. The molecule has 0 saturated heterocycles. The average Bonchev–Trinajstić information content (AvgIpc) is 2.54. The Balaban J connectivity index is 1.93. The van der Waals surface area contributed by atoms with Crippen LogP contribution in [0.25, 0.3) is 0 Å². The van der Waals surface area contributed by atoms with E-state index in [0.29, 0.717) is 0 Å². The molecule has 1 saturated carbocycles. The minimum Gasteiger partial charge on any atom is -0.323 e. The Labute approximate surface area is 117 Å². The van der Waals surface area contributed by atoms with Gasteiger partial charge in [0.25, 0.3) is 0 Å². The van der Waals surface area contributed by atoms with Crippen LogP contribution >= 0.6 is 27.3 Å². The Morgan fingerprint density at radius 1 is 1.35 bits per heavy atom. The molecule has 1 aromatic heterocycles. The van der Waals surface area contributed by atoms with Gasteiger partial charge in [0.2, 0.25) is 0 Å². The molecule has 1 heterocycles. The van der Waals surface area contributed by atoms with Crippen LogP contribution in [0.3, 0.4) is 0 Å². The Morgan fingerprint density at radius 3 is 2.53 bits per heavy atom. The van der Waals surface area contributed by atoms with Gasteiger partial charge in [-0.15, -0.1) is 11.3 Å². The second-order valence-corrected chi connectivity index (χ2v) is 7.71. The molecule has 1 unspecified atom stereocenters. The molecular formula is C14H22BrNS. The van der Waals surface area contributed by atoms with E-state index < -0.39 is 0 Å². The molecule has 2 N–H and O–H groups in total. The number of halogens is 1. The van der Waals surface area contributed by atoms with Crippen molar-refractivity contribution in [2.24, 2.45) is 11.7 Å². The van der Waals surface area contributed by atoms with E-state index in [-0.39, 0.29) is 6.04 Å². The quantitative estimate of drug-likeness (QED) is 0.764. The lowest BCUT2D eigenvalue weighted by Gasteiger charge is -2.18. The molecule has 1 aromatic rings. The monoisotopic (exact) mass is 315 g/mol. The maximum absolute atomic E-state index is 6.35. The van der Waals surface area contributed by atoms with Crippen LogP contribution in [0.4, 0.5) is 0 Å². The summed E-state index contributed by atoms with van der Waals surface area (Å²) in [5.41, 5.74) is 7.67. The highest BCUT2D eigenvalue weighted by Gasteiger charge is 2.18. The Hall–Kier alpha value is 0.140. The number of hydrogen-bond acceptors (Lipinski definition) is 2. The summed E-state index contributed by atoms with van der Waals surface area (Å²) in [5.74, 6) is 0.855. The fourth-order valence-electron chi connectivity index (χ4n) is 2.74. The lowest BCUT2D eigenvalue weighted by molar-refractivity contribution is 0.395. The third-order valence-corrected chi connectivity index (χ3v) is 6.07. The molecule has 2 rings (SSSR count). The molecule has 0 radical (unpaired) electrons. The minimum absolute atomic E-state index is 0.244. The summed E-state index contributed by atoms with van der Waals surface area (Å²) in [6.07, 6.45) is 9.62. The molecule has 1 nitrogen and oxygen atoms in total. The highest BCUT2D eigenvalue weighted by molar-refractivity contribution is 9.11. The smallest absolute Gasteiger partial charge is 0.0731 e. The molecule has 0 aromatic carbocycles. The van der Waals surface area contributed by atoms with E-state index in [9.17, 15) is 0 Å². The predicted molar refractivity (Wildman–Crippen MR) is 79.5 cm³/mol. The molecular weight excluding hydrogens is 294 g/mol. The van der Waals surface area contributed by atoms with E-state index >= 15 is 0 Å². The number of rotatable bonds is 3. The molecule has 1 atom stereocenters. The van der Waals surface area contributed by atoms with Crippen molar-refractivity contribution < 1.29 is 0 Å². The fourth-order valence-corrected chi connectivity index (χ4v) is 4.33. The van der Waals surface area contributed by atoms with Crippen LogP contribution in [-0.2, 0) is 0 Å². The molecule has 0 aliphatic heterocycles. The van der Waals surface area contributed by atoms with Crippen molar-refractivity contribution in [3.8, 4) is 0 Å². The lowest BCUT2D eigenvalue weighted by atomic mass is 9.92. The van der Waals surface area contributed by atoms with Gasteiger partial charge in [-0.2, -0.15) is 0 Å². The van der Waals surface area contributed by atoms with Crippen LogP contribution in [0.5, 0.6) is 0 Å². The van der Waals surface area contributed by atoms with E-state index in [2.05, 4.69) is 28.9 Å². The van der Waals surface area contributed by atoms with Gasteiger partial charge in [-0.1, -0.05) is 38.5 Å². The van der Waals surface area contributed by atoms with E-state index in [1.54, 1.807) is 0 Å². The van der Waals surface area contributed by atoms with Gasteiger partial charge < -0.3 is 5.73 Å². The number of hydrogen-bond donors (Lipinski definition) is 1. The van der Waals surface area contributed by atoms with Gasteiger partial charge in [0, 0.05) is 10.9 Å². The predicted octanol–water partition coefficient (Wildman–Crippen LogP) is 5.18. The van der Waals surface area contributed by atoms with E-state index in [1.807, 2.05) is 11.3 Å². The largest absolute Gasteiger partial charge is 0.323 e. The Morgan fingerprint density at radius 2 is 2.00 bits per heavy atom. The number of nitrogens with two attached hydrogens (primary N) is 1.